The fraction of sp³-hybridized carbons (Fsp3) is 0.158. The zero-order chi connectivity index (χ0) is 18.1. The third-order valence-corrected chi connectivity index (χ3v) is 4.58. The zero-order valence-corrected chi connectivity index (χ0v) is 14.5. The number of rotatable bonds is 4. The number of para-hydroxylation sites is 1. The maximum Gasteiger partial charge on any atom is 0.337 e. The van der Waals surface area contributed by atoms with Gasteiger partial charge in [-0.3, -0.25) is 9.36 Å². The number of carbonyl (C=O) groups is 2. The third-order valence-electron chi connectivity index (χ3n) is 3.98. The van der Waals surface area contributed by atoms with Crippen LogP contribution >= 0.6 is 11.6 Å². The highest BCUT2D eigenvalue weighted by Crippen LogP contribution is 2.26. The van der Waals surface area contributed by atoms with Crippen molar-refractivity contribution in [1.29, 1.82) is 0 Å². The Morgan fingerprint density at radius 2 is 1.80 bits per heavy atom. The molecule has 0 amide bonds. The van der Waals surface area contributed by atoms with Crippen molar-refractivity contribution in [3.05, 3.63) is 64.3 Å². The molecule has 2 aromatic carbocycles. The highest BCUT2D eigenvalue weighted by molar-refractivity contribution is 6.32. The molecular formula is C19H16ClNO4. The molecule has 0 saturated heterocycles. The first kappa shape index (κ1) is 17.0. The summed E-state index contributed by atoms with van der Waals surface area (Å²) in [7, 11) is 0. The molecule has 0 spiro atoms. The molecule has 25 heavy (non-hydrogen) atoms. The van der Waals surface area contributed by atoms with Crippen LogP contribution in [0, 0.1) is 13.8 Å². The minimum Gasteiger partial charge on any atom is -0.484 e. The predicted molar refractivity (Wildman–Crippen MR) is 95.9 cm³/mol. The molecular weight excluding hydrogens is 342 g/mol. The van der Waals surface area contributed by atoms with E-state index in [2.05, 4.69) is 0 Å². The van der Waals surface area contributed by atoms with Crippen LogP contribution in [0.2, 0.25) is 5.02 Å². The molecule has 3 rings (SSSR count). The number of aromatic nitrogens is 1. The molecule has 3 aromatic rings. The number of fused-ring (bicyclic) bond motifs is 1. The Bertz CT molecular complexity index is 967. The number of hydrogen-bond donors (Lipinski definition) is 1. The molecule has 0 radical (unpaired) electrons. The van der Waals surface area contributed by atoms with Crippen LogP contribution in [0.25, 0.3) is 10.9 Å². The van der Waals surface area contributed by atoms with Crippen LogP contribution in [0.15, 0.2) is 42.6 Å². The fourth-order valence-corrected chi connectivity index (χ4v) is 2.87. The van der Waals surface area contributed by atoms with Gasteiger partial charge in [0.15, 0.2) is 6.61 Å². The van der Waals surface area contributed by atoms with Gasteiger partial charge in [0.05, 0.1) is 11.1 Å². The maximum atomic E-state index is 12.5. The zero-order valence-electron chi connectivity index (χ0n) is 13.7. The number of carboxylic acids is 1. The number of benzene rings is 2. The summed E-state index contributed by atoms with van der Waals surface area (Å²) in [5, 5.41) is 10.5. The van der Waals surface area contributed by atoms with Gasteiger partial charge in [-0.25, -0.2) is 4.79 Å². The molecule has 0 saturated carbocycles. The lowest BCUT2D eigenvalue weighted by Gasteiger charge is -2.10. The minimum absolute atomic E-state index is 0.0853. The summed E-state index contributed by atoms with van der Waals surface area (Å²) in [5.74, 6) is -0.885. The van der Waals surface area contributed by atoms with Crippen LogP contribution in [0.5, 0.6) is 5.75 Å². The molecule has 0 unspecified atom stereocenters. The van der Waals surface area contributed by atoms with Gasteiger partial charge in [-0.05, 0) is 43.2 Å². The number of aromatic carboxylic acids is 1. The van der Waals surface area contributed by atoms with Gasteiger partial charge in [-0.15, -0.1) is 0 Å². The summed E-state index contributed by atoms with van der Waals surface area (Å²) in [6.45, 7) is 3.52. The highest BCUT2D eigenvalue weighted by atomic mass is 35.5. The van der Waals surface area contributed by atoms with Gasteiger partial charge in [0.2, 0.25) is 0 Å². The average molecular weight is 358 g/mol. The third kappa shape index (κ3) is 3.23. The SMILES string of the molecule is Cc1cc(OCC(=O)n2cc(C(=O)O)c3ccccc32)cc(C)c1Cl. The predicted octanol–water partition coefficient (Wildman–Crippen LogP) is 4.33. The van der Waals surface area contributed by atoms with E-state index >= 15 is 0 Å². The summed E-state index contributed by atoms with van der Waals surface area (Å²) in [6.07, 6.45) is 1.33. The second-order valence-electron chi connectivity index (χ2n) is 5.79. The van der Waals surface area contributed by atoms with Gasteiger partial charge in [0.1, 0.15) is 5.75 Å². The molecule has 0 aliphatic rings. The number of nitrogens with zero attached hydrogens (tertiary/aromatic N) is 1. The molecule has 1 N–H and O–H groups in total. The average Bonchev–Trinajstić information content (AvgIpc) is 2.97. The van der Waals surface area contributed by atoms with Gasteiger partial charge < -0.3 is 9.84 Å². The Kier molecular flexibility index (Phi) is 4.51. The number of carboxylic acid groups (broad SMARTS) is 1. The second-order valence-corrected chi connectivity index (χ2v) is 6.17. The number of halogens is 1. The molecule has 128 valence electrons. The van der Waals surface area contributed by atoms with Gasteiger partial charge in [0, 0.05) is 16.6 Å². The van der Waals surface area contributed by atoms with E-state index in [4.69, 9.17) is 16.3 Å². The van der Waals surface area contributed by atoms with E-state index in [-0.39, 0.29) is 18.1 Å². The molecule has 0 aliphatic heterocycles. The Morgan fingerprint density at radius 1 is 1.16 bits per heavy atom. The number of aryl methyl sites for hydroxylation is 2. The van der Waals surface area contributed by atoms with Gasteiger partial charge >= 0.3 is 5.97 Å². The standard InChI is InChI=1S/C19H16ClNO4/c1-11-7-13(8-12(2)18(11)20)25-10-17(22)21-9-15(19(23)24)14-5-3-4-6-16(14)21/h3-9H,10H2,1-2H3,(H,23,24). The van der Waals surface area contributed by atoms with Crippen LogP contribution in [0.4, 0.5) is 0 Å². The first-order valence-electron chi connectivity index (χ1n) is 7.64. The van der Waals surface area contributed by atoms with Crippen LogP contribution in [-0.4, -0.2) is 28.2 Å². The quantitative estimate of drug-likeness (QED) is 0.754. The van der Waals surface area contributed by atoms with Crippen LogP contribution in [-0.2, 0) is 0 Å². The molecule has 1 aromatic heterocycles. The van der Waals surface area contributed by atoms with E-state index in [9.17, 15) is 14.7 Å². The first-order valence-corrected chi connectivity index (χ1v) is 8.02. The van der Waals surface area contributed by atoms with Crippen molar-refractivity contribution in [1.82, 2.24) is 4.57 Å². The number of ether oxygens (including phenoxy) is 1. The van der Waals surface area contributed by atoms with Gasteiger partial charge in [-0.1, -0.05) is 29.8 Å². The lowest BCUT2D eigenvalue weighted by molar-refractivity contribution is 0.0699. The summed E-state index contributed by atoms with van der Waals surface area (Å²) in [6, 6.07) is 10.4. The lowest BCUT2D eigenvalue weighted by Crippen LogP contribution is -2.18. The molecule has 0 atom stereocenters. The van der Waals surface area contributed by atoms with E-state index in [0.29, 0.717) is 21.7 Å². The largest absolute Gasteiger partial charge is 0.484 e. The van der Waals surface area contributed by atoms with Crippen molar-refractivity contribution in [2.24, 2.45) is 0 Å². The smallest absolute Gasteiger partial charge is 0.337 e. The van der Waals surface area contributed by atoms with Crippen molar-refractivity contribution in [2.45, 2.75) is 13.8 Å². The Hall–Kier alpha value is -2.79. The van der Waals surface area contributed by atoms with Crippen molar-refractivity contribution >= 4 is 34.4 Å². The van der Waals surface area contributed by atoms with Gasteiger partial charge in [0.25, 0.3) is 5.91 Å². The van der Waals surface area contributed by atoms with Crippen molar-refractivity contribution in [3.8, 4) is 5.75 Å². The topological polar surface area (TPSA) is 68.5 Å². The fourth-order valence-electron chi connectivity index (χ4n) is 2.76. The van der Waals surface area contributed by atoms with E-state index in [1.54, 1.807) is 36.4 Å². The summed E-state index contributed by atoms with van der Waals surface area (Å²) < 4.78 is 6.89. The van der Waals surface area contributed by atoms with Crippen molar-refractivity contribution in [2.75, 3.05) is 6.61 Å². The van der Waals surface area contributed by atoms with E-state index in [1.807, 2.05) is 13.8 Å². The Labute approximate surface area is 149 Å². The minimum atomic E-state index is -1.08. The Balaban J connectivity index is 1.87. The van der Waals surface area contributed by atoms with Crippen LogP contribution in [0.1, 0.15) is 26.3 Å². The van der Waals surface area contributed by atoms with Crippen LogP contribution < -0.4 is 4.74 Å². The highest BCUT2D eigenvalue weighted by Gasteiger charge is 2.18. The first-order chi connectivity index (χ1) is 11.9. The van der Waals surface area contributed by atoms with Crippen molar-refractivity contribution in [3.63, 3.8) is 0 Å². The second kappa shape index (κ2) is 6.61. The lowest BCUT2D eigenvalue weighted by atomic mass is 10.1. The van der Waals surface area contributed by atoms with Crippen LogP contribution in [0.3, 0.4) is 0 Å². The van der Waals surface area contributed by atoms with E-state index in [1.165, 1.54) is 10.8 Å². The number of hydrogen-bond acceptors (Lipinski definition) is 3. The van der Waals surface area contributed by atoms with Gasteiger partial charge in [-0.2, -0.15) is 0 Å². The van der Waals surface area contributed by atoms with E-state index in [0.717, 1.165) is 11.1 Å². The maximum absolute atomic E-state index is 12.5. The molecule has 5 nitrogen and oxygen atoms in total. The summed E-state index contributed by atoms with van der Waals surface area (Å²) >= 11 is 6.12. The van der Waals surface area contributed by atoms with Crippen molar-refractivity contribution < 1.29 is 19.4 Å². The number of carbonyl (C=O) groups excluding carboxylic acids is 1. The monoisotopic (exact) mass is 357 g/mol. The normalized spacial score (nSPS) is 10.8. The molecule has 0 aliphatic carbocycles. The molecule has 0 bridgehead atoms. The molecule has 6 heteroatoms. The summed E-state index contributed by atoms with van der Waals surface area (Å²) in [4.78, 5) is 23.9. The molecule has 0 fully saturated rings. The summed E-state index contributed by atoms with van der Waals surface area (Å²) in [5.41, 5.74) is 2.35. The molecule has 1 heterocycles. The Morgan fingerprint density at radius 3 is 2.44 bits per heavy atom. The van der Waals surface area contributed by atoms with E-state index < -0.39 is 5.97 Å².